The van der Waals surface area contributed by atoms with Crippen LogP contribution in [0.25, 0.3) is 0 Å². The molecule has 2 rings (SSSR count). The van der Waals surface area contributed by atoms with Gasteiger partial charge in [0, 0.05) is 0 Å². The van der Waals surface area contributed by atoms with Crippen molar-refractivity contribution >= 4 is 0 Å². The summed E-state index contributed by atoms with van der Waals surface area (Å²) in [7, 11) is 0. The van der Waals surface area contributed by atoms with E-state index in [1.165, 1.54) is 70.6 Å². The molecule has 0 unspecified atom stereocenters. The van der Waals surface area contributed by atoms with Crippen molar-refractivity contribution in [1.29, 1.82) is 0 Å². The Morgan fingerprint density at radius 3 is 1.97 bits per heavy atom. The van der Waals surface area contributed by atoms with Gasteiger partial charge >= 0.3 is 0 Å². The van der Waals surface area contributed by atoms with Crippen LogP contribution in [0.4, 0.5) is 0 Å². The number of rotatable bonds is 16. The number of aliphatic hydroxyl groups excluding tert-OH is 2. The second kappa shape index (κ2) is 15.7. The maximum absolute atomic E-state index is 9.82. The van der Waals surface area contributed by atoms with Crippen molar-refractivity contribution in [3.8, 4) is 5.75 Å². The number of hydrogen-bond donors (Lipinski definition) is 2. The Balaban J connectivity index is 1.48. The van der Waals surface area contributed by atoms with Gasteiger partial charge in [-0.15, -0.1) is 0 Å². The zero-order chi connectivity index (χ0) is 21.4. The monoisotopic (exact) mass is 420 g/mol. The summed E-state index contributed by atoms with van der Waals surface area (Å²) >= 11 is 0. The van der Waals surface area contributed by atoms with E-state index in [0.717, 1.165) is 30.8 Å². The van der Waals surface area contributed by atoms with Gasteiger partial charge in [-0.3, -0.25) is 0 Å². The van der Waals surface area contributed by atoms with Crippen molar-refractivity contribution in [2.75, 3.05) is 13.2 Å². The van der Waals surface area contributed by atoms with Gasteiger partial charge in [0.2, 0.25) is 0 Å². The second-order valence-electron chi connectivity index (χ2n) is 8.80. The molecule has 0 amide bonds. The van der Waals surface area contributed by atoms with Crippen molar-refractivity contribution < 1.29 is 19.7 Å². The first kappa shape index (κ1) is 25.2. The molecule has 0 aliphatic carbocycles. The Labute approximate surface area is 184 Å². The van der Waals surface area contributed by atoms with Gasteiger partial charge < -0.3 is 19.7 Å². The van der Waals surface area contributed by atoms with Crippen LogP contribution in [0.1, 0.15) is 108 Å². The van der Waals surface area contributed by atoms with Gasteiger partial charge in [0.25, 0.3) is 0 Å². The predicted octanol–water partition coefficient (Wildman–Crippen LogP) is 6.34. The molecule has 4 nitrogen and oxygen atoms in total. The first-order chi connectivity index (χ1) is 14.7. The predicted molar refractivity (Wildman–Crippen MR) is 123 cm³/mol. The number of ether oxygens (including phenoxy) is 2. The molecule has 1 aliphatic rings. The number of hydrogen-bond acceptors (Lipinski definition) is 4. The van der Waals surface area contributed by atoms with Crippen molar-refractivity contribution in [3.05, 3.63) is 29.8 Å². The van der Waals surface area contributed by atoms with Crippen LogP contribution in [0.5, 0.6) is 5.75 Å². The second-order valence-corrected chi connectivity index (χ2v) is 8.80. The first-order valence-corrected chi connectivity index (χ1v) is 12.4. The molecule has 0 spiro atoms. The van der Waals surface area contributed by atoms with Crippen LogP contribution < -0.4 is 4.74 Å². The Bertz CT molecular complexity index is 530. The highest BCUT2D eigenvalue weighted by Crippen LogP contribution is 2.32. The molecule has 1 aromatic rings. The van der Waals surface area contributed by atoms with Crippen molar-refractivity contribution in [2.24, 2.45) is 0 Å². The Morgan fingerprint density at radius 1 is 0.833 bits per heavy atom. The molecule has 1 aromatic carbocycles. The molecule has 30 heavy (non-hydrogen) atoms. The van der Waals surface area contributed by atoms with Crippen molar-refractivity contribution in [2.45, 2.75) is 115 Å². The smallest absolute Gasteiger partial charge is 0.119 e. The van der Waals surface area contributed by atoms with Crippen LogP contribution in [-0.4, -0.2) is 35.6 Å². The zero-order valence-corrected chi connectivity index (χ0v) is 19.1. The molecular formula is C26H44O4. The summed E-state index contributed by atoms with van der Waals surface area (Å²) in [4.78, 5) is 0. The molecule has 0 saturated carbocycles. The molecule has 1 fully saturated rings. The van der Waals surface area contributed by atoms with E-state index in [4.69, 9.17) is 9.47 Å². The molecule has 172 valence electrons. The maximum atomic E-state index is 9.82. The molecule has 0 bridgehead atoms. The summed E-state index contributed by atoms with van der Waals surface area (Å²) in [6.45, 7) is 2.91. The topological polar surface area (TPSA) is 58.9 Å². The Hall–Kier alpha value is -1.10. The van der Waals surface area contributed by atoms with Crippen LogP contribution in [0.2, 0.25) is 0 Å². The van der Waals surface area contributed by atoms with Crippen LogP contribution in [-0.2, 0) is 4.74 Å². The summed E-state index contributed by atoms with van der Waals surface area (Å²) in [6, 6.07) is 8.07. The molecule has 1 aliphatic heterocycles. The molecule has 4 heteroatoms. The zero-order valence-electron chi connectivity index (χ0n) is 19.1. The third-order valence-electron chi connectivity index (χ3n) is 6.19. The minimum absolute atomic E-state index is 0.0593. The van der Waals surface area contributed by atoms with Crippen LogP contribution in [0.3, 0.4) is 0 Å². The molecule has 1 saturated heterocycles. The van der Waals surface area contributed by atoms with E-state index in [-0.39, 0.29) is 12.7 Å². The summed E-state index contributed by atoms with van der Waals surface area (Å²) in [5.74, 6) is 0.899. The molecule has 1 heterocycles. The van der Waals surface area contributed by atoms with Gasteiger partial charge in [-0.1, -0.05) is 89.7 Å². The van der Waals surface area contributed by atoms with Gasteiger partial charge in [-0.25, -0.2) is 0 Å². The van der Waals surface area contributed by atoms with Gasteiger partial charge in [0.15, 0.2) is 0 Å². The van der Waals surface area contributed by atoms with E-state index in [1.54, 1.807) is 0 Å². The molecule has 0 radical (unpaired) electrons. The molecule has 3 atom stereocenters. The third-order valence-corrected chi connectivity index (χ3v) is 6.19. The maximum Gasteiger partial charge on any atom is 0.119 e. The first-order valence-electron chi connectivity index (χ1n) is 12.4. The lowest BCUT2D eigenvalue weighted by atomic mass is 9.96. The van der Waals surface area contributed by atoms with Crippen molar-refractivity contribution in [3.63, 3.8) is 0 Å². The summed E-state index contributed by atoms with van der Waals surface area (Å²) in [5, 5.41) is 19.1. The Kier molecular flexibility index (Phi) is 13.1. The third kappa shape index (κ3) is 9.80. The van der Waals surface area contributed by atoms with E-state index >= 15 is 0 Å². The fraction of sp³-hybridized carbons (Fsp3) is 0.769. The summed E-state index contributed by atoms with van der Waals surface area (Å²) in [6.07, 6.45) is 16.5. The fourth-order valence-electron chi connectivity index (χ4n) is 4.20. The minimum Gasteiger partial charge on any atom is -0.494 e. The Morgan fingerprint density at radius 2 is 1.40 bits per heavy atom. The van der Waals surface area contributed by atoms with E-state index < -0.39 is 12.2 Å². The highest BCUT2D eigenvalue weighted by Gasteiger charge is 2.30. The van der Waals surface area contributed by atoms with Crippen LogP contribution in [0, 0.1) is 0 Å². The van der Waals surface area contributed by atoms with Gasteiger partial charge in [0.1, 0.15) is 11.9 Å². The highest BCUT2D eigenvalue weighted by molar-refractivity contribution is 5.28. The van der Waals surface area contributed by atoms with Gasteiger partial charge in [0.05, 0.1) is 25.4 Å². The number of unbranched alkanes of at least 4 members (excludes halogenated alkanes) is 11. The van der Waals surface area contributed by atoms with Crippen molar-refractivity contribution in [1.82, 2.24) is 0 Å². The molecule has 0 aromatic heterocycles. The largest absolute Gasteiger partial charge is 0.494 e. The SMILES string of the molecule is CCCCCCCCCCCCCCOc1ccc([C@H]2CC[C@H](O)[C@@H](CO)O2)cc1. The summed E-state index contributed by atoms with van der Waals surface area (Å²) < 4.78 is 11.7. The lowest BCUT2D eigenvalue weighted by molar-refractivity contribution is -0.135. The van der Waals surface area contributed by atoms with Crippen LogP contribution >= 0.6 is 0 Å². The van der Waals surface area contributed by atoms with Gasteiger partial charge in [-0.05, 0) is 37.0 Å². The molecular weight excluding hydrogens is 376 g/mol. The average molecular weight is 421 g/mol. The fourth-order valence-corrected chi connectivity index (χ4v) is 4.20. The summed E-state index contributed by atoms with van der Waals surface area (Å²) in [5.41, 5.74) is 1.08. The standard InChI is InChI=1S/C26H44O4/c1-2-3-4-5-6-7-8-9-10-11-12-13-20-29-23-16-14-22(15-17-23)25-19-18-24(28)26(21-27)30-25/h14-17,24-28H,2-13,18-21H2,1H3/t24-,25+,26+/m0/s1. The van der Waals surface area contributed by atoms with Gasteiger partial charge in [-0.2, -0.15) is 0 Å². The lowest BCUT2D eigenvalue weighted by Gasteiger charge is -2.33. The quantitative estimate of drug-likeness (QED) is 0.306. The van der Waals surface area contributed by atoms with E-state index in [9.17, 15) is 10.2 Å². The van der Waals surface area contributed by atoms with E-state index in [1.807, 2.05) is 24.3 Å². The normalized spacial score (nSPS) is 21.6. The average Bonchev–Trinajstić information content (AvgIpc) is 2.78. The van der Waals surface area contributed by atoms with E-state index in [0.29, 0.717) is 6.42 Å². The minimum atomic E-state index is -0.565. The van der Waals surface area contributed by atoms with E-state index in [2.05, 4.69) is 6.92 Å². The highest BCUT2D eigenvalue weighted by atomic mass is 16.5. The molecule has 2 N–H and O–H groups in total. The lowest BCUT2D eigenvalue weighted by Crippen LogP contribution is -2.38. The number of aliphatic hydroxyl groups is 2. The van der Waals surface area contributed by atoms with Crippen LogP contribution in [0.15, 0.2) is 24.3 Å². The number of benzene rings is 1.